The zero-order valence-corrected chi connectivity index (χ0v) is 85.7. The average Bonchev–Trinajstić information content (AvgIpc) is 1.64. The number of hydrogen-bond acceptors (Lipinski definition) is 24. The molecule has 0 saturated carbocycles. The van der Waals surface area contributed by atoms with Gasteiger partial charge in [0.15, 0.2) is 0 Å². The summed E-state index contributed by atoms with van der Waals surface area (Å²) < 4.78 is 23.0. The Morgan fingerprint density at radius 2 is 0.563 bits per heavy atom. The molecule has 8 aromatic carbocycles. The summed E-state index contributed by atoms with van der Waals surface area (Å²) in [5.41, 5.74) is 19.2. The van der Waals surface area contributed by atoms with Crippen LogP contribution in [0.2, 0.25) is 0 Å². The Bertz CT molecular complexity index is 6590. The van der Waals surface area contributed by atoms with Crippen molar-refractivity contribution >= 4 is 69.5 Å². The van der Waals surface area contributed by atoms with Crippen LogP contribution in [-0.2, 0) is 25.7 Å². The van der Waals surface area contributed by atoms with Crippen LogP contribution in [0.5, 0.6) is 23.0 Å². The van der Waals surface area contributed by atoms with Gasteiger partial charge in [0.05, 0.1) is 70.8 Å². The predicted octanol–water partition coefficient (Wildman–Crippen LogP) is 23.1. The molecular formula is C110H120N20O8S4. The third-order valence-electron chi connectivity index (χ3n) is 27.2. The second kappa shape index (κ2) is 45.0. The number of benzene rings is 8. The first kappa shape index (κ1) is 99.8. The number of amides is 8. The van der Waals surface area contributed by atoms with Crippen molar-refractivity contribution in [3.05, 3.63) is 212 Å². The maximum absolute atomic E-state index is 12.9. The minimum Gasteiger partial charge on any atom is -0.490 e. The monoisotopic (exact) mass is 1980 g/mol. The number of ether oxygens (including phenoxy) is 4. The van der Waals surface area contributed by atoms with Crippen LogP contribution >= 0.6 is 45.3 Å². The van der Waals surface area contributed by atoms with Crippen LogP contribution in [0.3, 0.4) is 0 Å². The molecular weight excluding hydrogens is 1860 g/mol. The van der Waals surface area contributed by atoms with Crippen LogP contribution in [0.4, 0.5) is 19.2 Å². The molecule has 732 valence electrons. The number of carbonyl (C=O) groups excluding carboxylic acids is 4. The van der Waals surface area contributed by atoms with Crippen LogP contribution in [0, 0.1) is 69.0 Å². The summed E-state index contributed by atoms with van der Waals surface area (Å²) in [5, 5.41) is 93.4. The number of piperidine rings is 3. The zero-order chi connectivity index (χ0) is 99.5. The highest BCUT2D eigenvalue weighted by molar-refractivity contribution is 7.19. The van der Waals surface area contributed by atoms with E-state index in [2.05, 4.69) is 163 Å². The van der Waals surface area contributed by atoms with Crippen LogP contribution in [0.15, 0.2) is 146 Å². The zero-order valence-electron chi connectivity index (χ0n) is 82.4. The van der Waals surface area contributed by atoms with Crippen molar-refractivity contribution in [1.29, 1.82) is 21.0 Å². The Kier molecular flexibility index (Phi) is 31.6. The molecule has 4 aromatic heterocycles. The molecule has 4 saturated heterocycles. The van der Waals surface area contributed by atoms with Crippen molar-refractivity contribution in [3.63, 3.8) is 0 Å². The van der Waals surface area contributed by atoms with Gasteiger partial charge in [-0.25, -0.2) is 19.2 Å². The molecule has 0 spiro atoms. The van der Waals surface area contributed by atoms with E-state index >= 15 is 0 Å². The number of likely N-dealkylation sites (tertiary alicyclic amines) is 4. The fourth-order valence-corrected chi connectivity index (χ4v) is 23.4. The lowest BCUT2D eigenvalue weighted by molar-refractivity contribution is 0.127. The van der Waals surface area contributed by atoms with Gasteiger partial charge in [-0.1, -0.05) is 146 Å². The molecule has 5 atom stereocenters. The highest BCUT2D eigenvalue weighted by atomic mass is 32.1. The third-order valence-corrected chi connectivity index (χ3v) is 31.2. The molecule has 4 aliphatic carbocycles. The molecule has 8 aliphatic rings. The number of nitriles is 4. The lowest BCUT2D eigenvalue weighted by atomic mass is 9.99. The summed E-state index contributed by atoms with van der Waals surface area (Å²) >= 11 is 6.05. The number of urea groups is 4. The van der Waals surface area contributed by atoms with E-state index in [-0.39, 0.29) is 72.7 Å². The van der Waals surface area contributed by atoms with E-state index in [0.29, 0.717) is 68.9 Å². The Hall–Kier alpha value is -13.8. The van der Waals surface area contributed by atoms with Gasteiger partial charge in [-0.2, -0.15) is 21.0 Å². The van der Waals surface area contributed by atoms with E-state index in [1.165, 1.54) is 90.7 Å². The molecule has 4 aliphatic heterocycles. The van der Waals surface area contributed by atoms with Gasteiger partial charge in [0.2, 0.25) is 0 Å². The minimum atomic E-state index is -0.00622. The second-order valence-corrected chi connectivity index (χ2v) is 43.2. The standard InChI is InChI=1S/3C28H31N5O2S.C26H27N5O2S/c1-17(2)35-25-12-9-19(14-20(25)15-29)26-31-32-27(36-26)23-8-4-7-22-21(23)10-11-24(22)30-28(34)33-13-5-6-18(3)16-33;2*1-17(2)35-25-10-7-19(15-20(25)16-29)26-31-32-27(36-26)23-6-4-5-22-21(23)8-9-24(22)30-28(34)33-13-11-18(3)12-14-33;1-15(2)33-23-10-7-17(11-18(23)12-27)24-29-30-25(34-24)21-6-4-5-20-19(21)8-9-22(20)28-26(32)31-13-16(3)14-31/h4,7-9,12,14,17-18,24H,5-6,10-11,13,16H2,1-3H3,(H,30,34);2*4-7,10,15,17-18,24H,8-9,11-14H2,1-3H3,(H,30,34);4-7,10-11,15-16,22H,8-9,13-14H2,1-3H3,(H,28,32)/t18-,24+;2*24-;22-/m0100/s1. The molecule has 20 rings (SSSR count). The fraction of sp³-hybridized carbons (Fsp3) is 0.418. The Morgan fingerprint density at radius 3 is 0.817 bits per heavy atom. The average molecular weight is 1980 g/mol. The maximum Gasteiger partial charge on any atom is 0.317 e. The van der Waals surface area contributed by atoms with Crippen molar-refractivity contribution in [2.24, 2.45) is 23.7 Å². The van der Waals surface area contributed by atoms with Gasteiger partial charge in [-0.3, -0.25) is 0 Å². The first-order valence-electron chi connectivity index (χ1n) is 49.6. The van der Waals surface area contributed by atoms with E-state index < -0.39 is 0 Å². The fourth-order valence-electron chi connectivity index (χ4n) is 19.9. The van der Waals surface area contributed by atoms with E-state index in [4.69, 9.17) is 18.9 Å². The van der Waals surface area contributed by atoms with Crippen molar-refractivity contribution in [2.45, 2.75) is 222 Å². The van der Waals surface area contributed by atoms with Gasteiger partial charge in [0.1, 0.15) is 87.3 Å². The smallest absolute Gasteiger partial charge is 0.317 e. The van der Waals surface area contributed by atoms with Gasteiger partial charge in [-0.15, -0.1) is 40.8 Å². The van der Waals surface area contributed by atoms with E-state index in [0.717, 1.165) is 226 Å². The molecule has 8 heterocycles. The summed E-state index contributed by atoms with van der Waals surface area (Å²) in [6.07, 6.45) is 13.6. The molecule has 28 nitrogen and oxygen atoms in total. The second-order valence-electron chi connectivity index (χ2n) is 39.3. The van der Waals surface area contributed by atoms with Crippen LogP contribution in [0.25, 0.3) is 84.6 Å². The normalized spacial score (nSPS) is 17.9. The molecule has 0 unspecified atom stereocenters. The van der Waals surface area contributed by atoms with Gasteiger partial charge in [-0.05, 0) is 286 Å². The summed E-state index contributed by atoms with van der Waals surface area (Å²) in [5.74, 6) is 4.84. The molecule has 142 heavy (non-hydrogen) atoms. The SMILES string of the molecule is CC(C)Oc1ccc(-c2nnc(-c3cccc4c3CC[C@H]4NC(=O)N3CCC[C@H](C)C3)s2)cc1C#N.CC1CCN(C(=O)N[C@@H]2CCc3c(-c4nnc(-c5ccc(OC(C)C)c(C#N)c5)s4)cccc32)CC1.CC1CCN(C(=O)N[C@H]2CCc3c(-c4nnc(-c5ccc(OC(C)C)c(C#N)c5)s4)cccc32)CC1.CC1CN(C(=O)N[C@H]2CCc3c(-c4nnc(-c5ccc(OC(C)C)c(C#N)c5)s4)cccc32)C1. The predicted molar refractivity (Wildman–Crippen MR) is 554 cm³/mol. The van der Waals surface area contributed by atoms with E-state index in [9.17, 15) is 40.2 Å². The molecule has 12 aromatic rings. The molecule has 8 amide bonds. The van der Waals surface area contributed by atoms with Gasteiger partial charge in [0.25, 0.3) is 0 Å². The number of nitrogens with zero attached hydrogens (tertiary/aromatic N) is 16. The Morgan fingerprint density at radius 1 is 0.310 bits per heavy atom. The highest BCUT2D eigenvalue weighted by Gasteiger charge is 2.37. The number of hydrogen-bond donors (Lipinski definition) is 4. The third kappa shape index (κ3) is 23.2. The van der Waals surface area contributed by atoms with Gasteiger partial charge < -0.3 is 59.8 Å². The topological polar surface area (TPSA) is 365 Å². The number of aromatic nitrogens is 8. The molecule has 0 bridgehead atoms. The maximum atomic E-state index is 12.9. The van der Waals surface area contributed by atoms with Crippen LogP contribution in [-0.4, -0.2) is 161 Å². The quantitative estimate of drug-likeness (QED) is 0.0550. The Balaban J connectivity index is 0.000000130. The van der Waals surface area contributed by atoms with Crippen LogP contribution < -0.4 is 40.2 Å². The van der Waals surface area contributed by atoms with Crippen molar-refractivity contribution in [2.75, 3.05) is 52.4 Å². The summed E-state index contributed by atoms with van der Waals surface area (Å²) in [7, 11) is 0. The highest BCUT2D eigenvalue weighted by Crippen LogP contribution is 2.47. The first-order valence-corrected chi connectivity index (χ1v) is 52.9. The number of fused-ring (bicyclic) bond motifs is 4. The molecule has 4 N–H and O–H groups in total. The number of carbonyl (C=O) groups is 4. The minimum absolute atomic E-state index is 0.00525. The lowest BCUT2D eigenvalue weighted by Crippen LogP contribution is -2.53. The molecule has 32 heteroatoms. The summed E-state index contributed by atoms with van der Waals surface area (Å²) in [4.78, 5) is 59.0. The molecule has 4 fully saturated rings. The summed E-state index contributed by atoms with van der Waals surface area (Å²) in [6, 6.07) is 56.2. The van der Waals surface area contributed by atoms with Crippen molar-refractivity contribution < 1.29 is 38.1 Å². The lowest BCUT2D eigenvalue weighted by Gasteiger charge is -2.37. The van der Waals surface area contributed by atoms with Gasteiger partial charge in [0, 0.05) is 96.9 Å². The first-order chi connectivity index (χ1) is 68.7. The van der Waals surface area contributed by atoms with Gasteiger partial charge >= 0.3 is 24.1 Å². The van der Waals surface area contributed by atoms with Crippen molar-refractivity contribution in [1.82, 2.24) is 81.7 Å². The number of rotatable bonds is 20. The number of nitrogens with one attached hydrogen (secondary N) is 4. The van der Waals surface area contributed by atoms with E-state index in [1.807, 2.05) is 166 Å². The largest absolute Gasteiger partial charge is 0.490 e. The Labute approximate surface area is 846 Å². The summed E-state index contributed by atoms with van der Waals surface area (Å²) in [6.45, 7) is 31.0. The van der Waals surface area contributed by atoms with E-state index in [1.54, 1.807) is 6.07 Å². The molecule has 0 radical (unpaired) electrons. The van der Waals surface area contributed by atoms with Crippen molar-refractivity contribution in [3.8, 4) is 132 Å². The van der Waals surface area contributed by atoms with Crippen LogP contribution in [0.1, 0.15) is 238 Å².